The van der Waals surface area contributed by atoms with Crippen LogP contribution in [-0.2, 0) is 11.0 Å². The number of amides is 1. The number of hydroxylamine groups is 2. The lowest BCUT2D eigenvalue weighted by molar-refractivity contribution is -0.137. The molecule has 2 aromatic heterocycles. The van der Waals surface area contributed by atoms with Gasteiger partial charge in [-0.2, -0.15) is 23.1 Å². The molecule has 11 nitrogen and oxygen atoms in total. The maximum atomic E-state index is 13.3. The van der Waals surface area contributed by atoms with Crippen LogP contribution in [0.4, 0.5) is 35.4 Å². The van der Waals surface area contributed by atoms with Crippen molar-refractivity contribution >= 4 is 34.7 Å². The van der Waals surface area contributed by atoms with Crippen LogP contribution < -0.4 is 21.7 Å². The summed E-state index contributed by atoms with van der Waals surface area (Å²) in [6.07, 6.45) is 6.07. The number of carbonyl (C=O) groups is 1. The third-order valence-electron chi connectivity index (χ3n) is 8.72. The maximum Gasteiger partial charge on any atom is 0.430 e. The molecule has 3 fully saturated rings. The molecule has 0 spiro atoms. The number of halogens is 3. The minimum absolute atomic E-state index is 0.0316. The SMILES string of the molecule is N[C@H]1CC[C@H](Nc2nc(NC3CCN(OC(=O)Nc4ccccc4C(F)(F)F)CC3)c3ncn(C4CCCC4)c3n2)CC1. The fourth-order valence-corrected chi connectivity index (χ4v) is 6.35. The molecule has 0 bridgehead atoms. The van der Waals surface area contributed by atoms with Crippen LogP contribution in [0, 0.1) is 0 Å². The Morgan fingerprint density at radius 1 is 0.930 bits per heavy atom. The summed E-state index contributed by atoms with van der Waals surface area (Å²) in [5.41, 5.74) is 6.37. The number of alkyl halides is 3. The van der Waals surface area contributed by atoms with Gasteiger partial charge in [-0.25, -0.2) is 9.78 Å². The van der Waals surface area contributed by atoms with Gasteiger partial charge in [-0.1, -0.05) is 25.0 Å². The number of fused-ring (bicyclic) bond motifs is 1. The van der Waals surface area contributed by atoms with Crippen molar-refractivity contribution in [2.75, 3.05) is 29.0 Å². The molecule has 2 aliphatic carbocycles. The standard InChI is InChI=1S/C29H38F3N9O2/c30-29(31,32)22-7-3-4-8-23(22)37-28(42)43-40-15-13-20(14-16-40)35-25-24-26(41(17-34-24)21-5-1-2-6-21)39-27(38-25)36-19-11-9-18(33)10-12-19/h3-4,7-8,17-21H,1-2,5-6,9-16,33H2,(H,37,42)(H2,35,36,38,39)/t18-,19-. The molecule has 1 saturated heterocycles. The first kappa shape index (κ1) is 29.4. The topological polar surface area (TPSA) is 135 Å². The third kappa shape index (κ3) is 6.96. The first-order valence-electron chi connectivity index (χ1n) is 15.2. The minimum atomic E-state index is -4.59. The van der Waals surface area contributed by atoms with Gasteiger partial charge in [0.2, 0.25) is 5.95 Å². The number of anilines is 3. The quantitative estimate of drug-likeness (QED) is 0.270. The number of benzene rings is 1. The summed E-state index contributed by atoms with van der Waals surface area (Å²) in [7, 11) is 0. The number of nitrogens with one attached hydrogen (secondary N) is 3. The van der Waals surface area contributed by atoms with E-state index in [4.69, 9.17) is 25.5 Å². The summed E-state index contributed by atoms with van der Waals surface area (Å²) in [6, 6.07) is 5.73. The van der Waals surface area contributed by atoms with E-state index in [0.717, 1.165) is 55.8 Å². The van der Waals surface area contributed by atoms with Gasteiger partial charge in [0.05, 0.1) is 17.6 Å². The zero-order valence-corrected chi connectivity index (χ0v) is 23.9. The highest BCUT2D eigenvalue weighted by Gasteiger charge is 2.34. The van der Waals surface area contributed by atoms with E-state index in [-0.39, 0.29) is 23.8 Å². The Morgan fingerprint density at radius 2 is 1.63 bits per heavy atom. The zero-order chi connectivity index (χ0) is 30.0. The van der Waals surface area contributed by atoms with Crippen LogP contribution in [0.3, 0.4) is 0 Å². The maximum absolute atomic E-state index is 13.3. The molecule has 3 aliphatic rings. The highest BCUT2D eigenvalue weighted by molar-refractivity contribution is 5.86. The summed E-state index contributed by atoms with van der Waals surface area (Å²) in [6.45, 7) is 0.814. The van der Waals surface area contributed by atoms with Gasteiger partial charge >= 0.3 is 12.3 Å². The van der Waals surface area contributed by atoms with Crippen molar-refractivity contribution in [2.45, 2.75) is 94.6 Å². The molecule has 0 atom stereocenters. The van der Waals surface area contributed by atoms with E-state index in [1.54, 1.807) is 0 Å². The van der Waals surface area contributed by atoms with E-state index in [2.05, 4.69) is 20.5 Å². The largest absolute Gasteiger partial charge is 0.430 e. The number of nitrogens with zero attached hydrogens (tertiary/aromatic N) is 5. The monoisotopic (exact) mass is 601 g/mol. The van der Waals surface area contributed by atoms with Crippen LogP contribution in [0.1, 0.15) is 75.8 Å². The number of carbonyl (C=O) groups excluding carboxylic acids is 1. The number of aromatic nitrogens is 4. The molecule has 43 heavy (non-hydrogen) atoms. The first-order valence-corrected chi connectivity index (χ1v) is 15.2. The Balaban J connectivity index is 1.11. The Labute approximate surface area is 247 Å². The van der Waals surface area contributed by atoms with Crippen molar-refractivity contribution in [3.63, 3.8) is 0 Å². The van der Waals surface area contributed by atoms with Crippen molar-refractivity contribution in [1.82, 2.24) is 24.6 Å². The van der Waals surface area contributed by atoms with Gasteiger partial charge in [-0.3, -0.25) is 5.32 Å². The number of rotatable bonds is 7. The van der Waals surface area contributed by atoms with E-state index in [9.17, 15) is 18.0 Å². The second-order valence-corrected chi connectivity index (χ2v) is 11.8. The van der Waals surface area contributed by atoms with Gasteiger partial charge in [-0.05, 0) is 63.5 Å². The van der Waals surface area contributed by atoms with Crippen LogP contribution in [-0.4, -0.2) is 61.9 Å². The minimum Gasteiger partial charge on any atom is -0.365 e. The molecular formula is C29H38F3N9O2. The highest BCUT2D eigenvalue weighted by Crippen LogP contribution is 2.35. The average molecular weight is 602 g/mol. The molecule has 0 unspecified atom stereocenters. The highest BCUT2D eigenvalue weighted by atomic mass is 19.4. The van der Waals surface area contributed by atoms with Crippen LogP contribution in [0.2, 0.25) is 0 Å². The smallest absolute Gasteiger partial charge is 0.365 e. The number of hydrogen-bond acceptors (Lipinski definition) is 9. The molecule has 3 heterocycles. The normalized spacial score (nSPS) is 22.5. The molecule has 5 N–H and O–H groups in total. The van der Waals surface area contributed by atoms with E-state index < -0.39 is 17.8 Å². The van der Waals surface area contributed by atoms with Gasteiger partial charge in [0.1, 0.15) is 0 Å². The lowest BCUT2D eigenvalue weighted by Crippen LogP contribution is -2.41. The zero-order valence-electron chi connectivity index (χ0n) is 23.9. The van der Waals surface area contributed by atoms with Crippen LogP contribution in [0.25, 0.3) is 11.2 Å². The number of nitrogens with two attached hydrogens (primary N) is 1. The molecule has 3 aromatic rings. The van der Waals surface area contributed by atoms with Gasteiger partial charge in [0.25, 0.3) is 0 Å². The summed E-state index contributed by atoms with van der Waals surface area (Å²) in [5, 5.41) is 10.8. The average Bonchev–Trinajstić information content (AvgIpc) is 3.65. The van der Waals surface area contributed by atoms with Crippen molar-refractivity contribution in [3.05, 3.63) is 36.2 Å². The van der Waals surface area contributed by atoms with Gasteiger partial charge in [0, 0.05) is 37.3 Å². The lowest BCUT2D eigenvalue weighted by atomic mass is 9.92. The Bertz CT molecular complexity index is 1410. The fraction of sp³-hybridized carbons (Fsp3) is 0.586. The second-order valence-electron chi connectivity index (χ2n) is 11.8. The number of hydrogen-bond donors (Lipinski definition) is 4. The van der Waals surface area contributed by atoms with Crippen molar-refractivity contribution < 1.29 is 22.8 Å². The molecular weight excluding hydrogens is 563 g/mol. The molecule has 14 heteroatoms. The summed E-state index contributed by atoms with van der Waals surface area (Å²) in [5.74, 6) is 1.24. The fourth-order valence-electron chi connectivity index (χ4n) is 6.35. The summed E-state index contributed by atoms with van der Waals surface area (Å²) < 4.78 is 42.0. The van der Waals surface area contributed by atoms with Crippen molar-refractivity contribution in [2.24, 2.45) is 5.73 Å². The van der Waals surface area contributed by atoms with Gasteiger partial charge in [-0.15, -0.1) is 5.06 Å². The van der Waals surface area contributed by atoms with Crippen LogP contribution >= 0.6 is 0 Å². The molecule has 1 amide bonds. The predicted molar refractivity (Wildman–Crippen MR) is 156 cm³/mol. The summed E-state index contributed by atoms with van der Waals surface area (Å²) in [4.78, 5) is 32.2. The predicted octanol–water partition coefficient (Wildman–Crippen LogP) is 5.68. The van der Waals surface area contributed by atoms with E-state index >= 15 is 0 Å². The van der Waals surface area contributed by atoms with Gasteiger partial charge in [0.15, 0.2) is 17.0 Å². The Hall–Kier alpha value is -3.65. The van der Waals surface area contributed by atoms with Crippen LogP contribution in [0.15, 0.2) is 30.6 Å². The Morgan fingerprint density at radius 3 is 2.35 bits per heavy atom. The van der Waals surface area contributed by atoms with Crippen molar-refractivity contribution in [3.8, 4) is 0 Å². The van der Waals surface area contributed by atoms with E-state index in [1.807, 2.05) is 6.33 Å². The Kier molecular flexibility index (Phi) is 8.57. The number of piperidine rings is 1. The molecule has 232 valence electrons. The summed E-state index contributed by atoms with van der Waals surface area (Å²) >= 11 is 0. The molecule has 2 saturated carbocycles. The first-order chi connectivity index (χ1) is 20.7. The molecule has 1 aromatic carbocycles. The molecule has 0 radical (unpaired) electrons. The number of imidazole rings is 1. The van der Waals surface area contributed by atoms with Crippen molar-refractivity contribution in [1.29, 1.82) is 0 Å². The molecule has 6 rings (SSSR count). The van der Waals surface area contributed by atoms with Crippen LogP contribution in [0.5, 0.6) is 0 Å². The van der Waals surface area contributed by atoms with E-state index in [0.29, 0.717) is 43.7 Å². The second kappa shape index (κ2) is 12.5. The van der Waals surface area contributed by atoms with E-state index in [1.165, 1.54) is 36.1 Å². The lowest BCUT2D eigenvalue weighted by Gasteiger charge is -2.31. The molecule has 1 aliphatic heterocycles. The number of para-hydroxylation sites is 1. The third-order valence-corrected chi connectivity index (χ3v) is 8.72. The van der Waals surface area contributed by atoms with Gasteiger partial charge < -0.3 is 25.8 Å².